The molecule has 1 aliphatic heterocycles. The second kappa shape index (κ2) is 3.22. The van der Waals surface area contributed by atoms with Gasteiger partial charge in [0.2, 0.25) is 6.54 Å². The van der Waals surface area contributed by atoms with E-state index in [9.17, 15) is 8.42 Å². The summed E-state index contributed by atoms with van der Waals surface area (Å²) in [5.74, 6) is 0.655. The van der Waals surface area contributed by atoms with Gasteiger partial charge in [0.15, 0.2) is 9.84 Å². The van der Waals surface area contributed by atoms with Crippen LogP contribution in [0.15, 0.2) is 0 Å². The number of rotatable bonds is 1. The summed E-state index contributed by atoms with van der Waals surface area (Å²) in [6.45, 7) is 6.97. The first kappa shape index (κ1) is 8.54. The zero-order chi connectivity index (χ0) is 8.32. The van der Waals surface area contributed by atoms with Crippen LogP contribution in [0.3, 0.4) is 0 Å². The molecule has 1 heterocycles. The molecule has 1 aliphatic rings. The fourth-order valence-corrected chi connectivity index (χ4v) is 3.15. The number of hydrogen-bond donors (Lipinski definition) is 0. The third-order valence-electron chi connectivity index (χ3n) is 1.91. The Morgan fingerprint density at radius 2 is 2.27 bits per heavy atom. The van der Waals surface area contributed by atoms with Gasteiger partial charge in [0.25, 0.3) is 0 Å². The van der Waals surface area contributed by atoms with Crippen LogP contribution in [0.4, 0.5) is 0 Å². The van der Waals surface area contributed by atoms with Gasteiger partial charge in [-0.05, 0) is 12.8 Å². The molecule has 1 fully saturated rings. The minimum atomic E-state index is -2.80. The Morgan fingerprint density at radius 1 is 1.55 bits per heavy atom. The second-order valence-corrected chi connectivity index (χ2v) is 5.19. The third-order valence-corrected chi connectivity index (χ3v) is 3.80. The van der Waals surface area contributed by atoms with Gasteiger partial charge in [-0.15, -0.1) is 0 Å². The molecule has 0 aliphatic carbocycles. The molecule has 0 amide bonds. The van der Waals surface area contributed by atoms with Crippen LogP contribution >= 0.6 is 0 Å². The first-order valence-electron chi connectivity index (χ1n) is 3.68. The van der Waals surface area contributed by atoms with Crippen molar-refractivity contribution in [2.75, 3.05) is 18.1 Å². The number of sulfone groups is 1. The van der Waals surface area contributed by atoms with Crippen molar-refractivity contribution < 1.29 is 8.42 Å². The molecule has 0 N–H and O–H groups in total. The molecule has 0 spiro atoms. The Hall–Kier alpha value is -0.560. The molecule has 1 saturated heterocycles. The fourth-order valence-electron chi connectivity index (χ4n) is 1.39. The zero-order valence-corrected chi connectivity index (χ0v) is 7.10. The zero-order valence-electron chi connectivity index (χ0n) is 6.28. The third kappa shape index (κ3) is 2.51. The number of nitrogens with zero attached hydrogens (tertiary/aromatic N) is 1. The molecule has 62 valence electrons. The summed E-state index contributed by atoms with van der Waals surface area (Å²) in [7, 11) is -2.80. The van der Waals surface area contributed by atoms with Crippen LogP contribution in [-0.4, -0.2) is 26.5 Å². The summed E-state index contributed by atoms with van der Waals surface area (Å²) in [5.41, 5.74) is 0. The summed E-state index contributed by atoms with van der Waals surface area (Å²) in [6, 6.07) is 0. The van der Waals surface area contributed by atoms with Crippen molar-refractivity contribution in [2.24, 2.45) is 5.92 Å². The van der Waals surface area contributed by atoms with E-state index in [1.165, 1.54) is 0 Å². The van der Waals surface area contributed by atoms with Crippen LogP contribution in [0, 0.1) is 12.5 Å². The van der Waals surface area contributed by atoms with Gasteiger partial charge in [-0.1, -0.05) is 0 Å². The summed E-state index contributed by atoms with van der Waals surface area (Å²) in [6.07, 6.45) is 1.64. The van der Waals surface area contributed by atoms with Gasteiger partial charge in [-0.2, -0.15) is 0 Å². The smallest absolute Gasteiger partial charge is 0.218 e. The van der Waals surface area contributed by atoms with Gasteiger partial charge in [0, 0.05) is 5.92 Å². The number of hydrogen-bond acceptors (Lipinski definition) is 2. The van der Waals surface area contributed by atoms with Gasteiger partial charge in [0.1, 0.15) is 0 Å². The van der Waals surface area contributed by atoms with Gasteiger partial charge < -0.3 is 4.85 Å². The molecule has 0 radical (unpaired) electrons. The van der Waals surface area contributed by atoms with Crippen LogP contribution in [-0.2, 0) is 9.84 Å². The molecule has 0 saturated carbocycles. The van der Waals surface area contributed by atoms with E-state index in [0.29, 0.717) is 12.3 Å². The molecule has 1 unspecified atom stereocenters. The first-order chi connectivity index (χ1) is 5.14. The van der Waals surface area contributed by atoms with E-state index in [4.69, 9.17) is 6.57 Å². The van der Waals surface area contributed by atoms with Gasteiger partial charge in [-0.25, -0.2) is 15.0 Å². The summed E-state index contributed by atoms with van der Waals surface area (Å²) in [4.78, 5) is 3.21. The van der Waals surface area contributed by atoms with Crippen molar-refractivity contribution in [3.63, 3.8) is 0 Å². The maximum absolute atomic E-state index is 11.0. The van der Waals surface area contributed by atoms with Crippen LogP contribution in [0.2, 0.25) is 0 Å². The minimum Gasteiger partial charge on any atom is -0.317 e. The molecule has 3 nitrogen and oxygen atoms in total. The summed E-state index contributed by atoms with van der Waals surface area (Å²) >= 11 is 0. The SMILES string of the molecule is [C-]#[N+]CC1CCCS(=O)(=O)C1. The highest BCUT2D eigenvalue weighted by molar-refractivity contribution is 7.91. The lowest BCUT2D eigenvalue weighted by atomic mass is 10.1. The molecule has 0 aromatic heterocycles. The molecule has 0 aromatic rings. The minimum absolute atomic E-state index is 0.103. The quantitative estimate of drug-likeness (QED) is 0.548. The molecule has 4 heteroatoms. The van der Waals surface area contributed by atoms with Crippen molar-refractivity contribution in [2.45, 2.75) is 12.8 Å². The van der Waals surface area contributed by atoms with Gasteiger partial charge >= 0.3 is 0 Å². The predicted molar refractivity (Wildman–Crippen MR) is 42.8 cm³/mol. The Kier molecular flexibility index (Phi) is 2.50. The van der Waals surface area contributed by atoms with E-state index in [0.717, 1.165) is 12.8 Å². The highest BCUT2D eigenvalue weighted by atomic mass is 32.2. The lowest BCUT2D eigenvalue weighted by molar-refractivity contribution is 0.509. The molecule has 11 heavy (non-hydrogen) atoms. The van der Waals surface area contributed by atoms with Crippen LogP contribution in [0.1, 0.15) is 12.8 Å². The predicted octanol–water partition coefficient (Wildman–Crippen LogP) is 0.730. The molecular weight excluding hydrogens is 162 g/mol. The van der Waals surface area contributed by atoms with Crippen molar-refractivity contribution in [1.29, 1.82) is 0 Å². The van der Waals surface area contributed by atoms with Gasteiger partial charge in [0.05, 0.1) is 11.5 Å². The van der Waals surface area contributed by atoms with Crippen LogP contribution in [0.5, 0.6) is 0 Å². The van der Waals surface area contributed by atoms with E-state index < -0.39 is 9.84 Å². The molecule has 1 rings (SSSR count). The monoisotopic (exact) mass is 173 g/mol. The normalized spacial score (nSPS) is 29.2. The van der Waals surface area contributed by atoms with Crippen molar-refractivity contribution >= 4 is 9.84 Å². The molecular formula is C7H11NO2S. The van der Waals surface area contributed by atoms with Crippen LogP contribution < -0.4 is 0 Å². The van der Waals surface area contributed by atoms with Gasteiger partial charge in [-0.3, -0.25) is 0 Å². The lowest BCUT2D eigenvalue weighted by Crippen LogP contribution is -2.26. The maximum Gasteiger partial charge on any atom is 0.218 e. The second-order valence-electron chi connectivity index (χ2n) is 2.96. The van der Waals surface area contributed by atoms with E-state index in [-0.39, 0.29) is 11.7 Å². The standard InChI is InChI=1S/C7H11NO2S/c1-8-5-7-3-2-4-11(9,10)6-7/h7H,2-6H2. The molecule has 0 aromatic carbocycles. The average molecular weight is 173 g/mol. The Labute approximate surface area is 67.2 Å². The highest BCUT2D eigenvalue weighted by Gasteiger charge is 2.26. The average Bonchev–Trinajstić information content (AvgIpc) is 1.85. The van der Waals surface area contributed by atoms with Crippen molar-refractivity contribution in [3.8, 4) is 0 Å². The van der Waals surface area contributed by atoms with Crippen LogP contribution in [0.25, 0.3) is 4.85 Å². The maximum atomic E-state index is 11.0. The Balaban J connectivity index is 2.55. The largest absolute Gasteiger partial charge is 0.317 e. The first-order valence-corrected chi connectivity index (χ1v) is 5.50. The van der Waals surface area contributed by atoms with Crippen molar-refractivity contribution in [1.82, 2.24) is 0 Å². The molecule has 1 atom stereocenters. The van der Waals surface area contributed by atoms with Crippen molar-refractivity contribution in [3.05, 3.63) is 11.4 Å². The lowest BCUT2D eigenvalue weighted by Gasteiger charge is -2.16. The molecule has 0 bridgehead atoms. The van der Waals surface area contributed by atoms with E-state index >= 15 is 0 Å². The summed E-state index contributed by atoms with van der Waals surface area (Å²) in [5, 5.41) is 0. The topological polar surface area (TPSA) is 38.5 Å². The van der Waals surface area contributed by atoms with E-state index in [1.54, 1.807) is 0 Å². The van der Waals surface area contributed by atoms with E-state index in [2.05, 4.69) is 4.85 Å². The van der Waals surface area contributed by atoms with E-state index in [1.807, 2.05) is 0 Å². The Bertz CT molecular complexity index is 263. The summed E-state index contributed by atoms with van der Waals surface area (Å²) < 4.78 is 22.1. The highest BCUT2D eigenvalue weighted by Crippen LogP contribution is 2.18. The Morgan fingerprint density at radius 3 is 2.82 bits per heavy atom. The fraction of sp³-hybridized carbons (Fsp3) is 0.857.